The van der Waals surface area contributed by atoms with Gasteiger partial charge < -0.3 is 19.1 Å². The number of rotatable bonds is 7. The molecule has 0 heterocycles. The fraction of sp³-hybridized carbons (Fsp3) is 0.217. The zero-order valence-corrected chi connectivity index (χ0v) is 16.7. The fourth-order valence-electron chi connectivity index (χ4n) is 3.18. The Hall–Kier alpha value is -3.54. The van der Waals surface area contributed by atoms with Gasteiger partial charge in [-0.2, -0.15) is 0 Å². The molecule has 6 nitrogen and oxygen atoms in total. The van der Waals surface area contributed by atoms with Gasteiger partial charge >= 0.3 is 5.97 Å². The molecule has 0 unspecified atom stereocenters. The van der Waals surface area contributed by atoms with E-state index in [-0.39, 0.29) is 19.0 Å². The van der Waals surface area contributed by atoms with E-state index < -0.39 is 5.97 Å². The summed E-state index contributed by atoms with van der Waals surface area (Å²) in [5, 5.41) is 1.79. The number of methoxy groups -OCH3 is 3. The number of esters is 1. The van der Waals surface area contributed by atoms with Crippen molar-refractivity contribution < 1.29 is 23.8 Å². The van der Waals surface area contributed by atoms with E-state index in [9.17, 15) is 9.59 Å². The third-order valence-corrected chi connectivity index (χ3v) is 4.64. The number of ether oxygens (including phenoxy) is 3. The van der Waals surface area contributed by atoms with Crippen LogP contribution in [0.2, 0.25) is 0 Å². The van der Waals surface area contributed by atoms with Crippen LogP contribution in [0.15, 0.2) is 60.7 Å². The lowest BCUT2D eigenvalue weighted by atomic mass is 10.0. The van der Waals surface area contributed by atoms with E-state index in [1.807, 2.05) is 48.5 Å². The zero-order valence-electron chi connectivity index (χ0n) is 16.7. The van der Waals surface area contributed by atoms with Crippen LogP contribution >= 0.6 is 0 Å². The average molecular weight is 393 g/mol. The molecular formula is C23H23NO5. The maximum Gasteiger partial charge on any atom is 0.325 e. The van der Waals surface area contributed by atoms with Crippen molar-refractivity contribution >= 4 is 22.6 Å². The van der Waals surface area contributed by atoms with Crippen molar-refractivity contribution in [2.45, 2.75) is 6.54 Å². The van der Waals surface area contributed by atoms with E-state index in [0.29, 0.717) is 17.1 Å². The van der Waals surface area contributed by atoms with Crippen LogP contribution in [0.4, 0.5) is 0 Å². The molecule has 3 aromatic carbocycles. The summed E-state index contributed by atoms with van der Waals surface area (Å²) in [6, 6.07) is 18.6. The van der Waals surface area contributed by atoms with Gasteiger partial charge in [-0.05, 0) is 34.5 Å². The molecule has 0 aliphatic carbocycles. The monoisotopic (exact) mass is 393 g/mol. The minimum Gasteiger partial charge on any atom is -0.497 e. The van der Waals surface area contributed by atoms with Crippen LogP contribution in [0, 0.1) is 0 Å². The minimum atomic E-state index is -0.492. The summed E-state index contributed by atoms with van der Waals surface area (Å²) in [6.07, 6.45) is 0. The van der Waals surface area contributed by atoms with Gasteiger partial charge in [-0.3, -0.25) is 9.59 Å². The van der Waals surface area contributed by atoms with Gasteiger partial charge in [0.15, 0.2) is 0 Å². The highest BCUT2D eigenvalue weighted by Gasteiger charge is 2.22. The van der Waals surface area contributed by atoms with Crippen LogP contribution in [0.3, 0.4) is 0 Å². The Morgan fingerprint density at radius 3 is 2.17 bits per heavy atom. The molecule has 3 aromatic rings. The van der Waals surface area contributed by atoms with Gasteiger partial charge in [-0.1, -0.05) is 36.4 Å². The molecule has 0 fully saturated rings. The molecule has 150 valence electrons. The number of hydrogen-bond donors (Lipinski definition) is 0. The number of amides is 1. The lowest BCUT2D eigenvalue weighted by Gasteiger charge is -2.23. The maximum absolute atomic E-state index is 13.4. The highest BCUT2D eigenvalue weighted by Crippen LogP contribution is 2.25. The molecule has 0 radical (unpaired) electrons. The largest absolute Gasteiger partial charge is 0.497 e. The van der Waals surface area contributed by atoms with Crippen molar-refractivity contribution in [3.8, 4) is 11.5 Å². The van der Waals surface area contributed by atoms with Gasteiger partial charge in [0.25, 0.3) is 5.91 Å². The topological polar surface area (TPSA) is 65.1 Å². The Morgan fingerprint density at radius 1 is 0.862 bits per heavy atom. The predicted octanol–water partition coefficient (Wildman–Crippen LogP) is 3.67. The smallest absolute Gasteiger partial charge is 0.325 e. The van der Waals surface area contributed by atoms with E-state index in [2.05, 4.69) is 0 Å². The summed E-state index contributed by atoms with van der Waals surface area (Å²) in [4.78, 5) is 26.8. The molecule has 29 heavy (non-hydrogen) atoms. The number of benzene rings is 3. The first-order valence-electron chi connectivity index (χ1n) is 9.11. The van der Waals surface area contributed by atoms with Crippen molar-refractivity contribution in [2.24, 2.45) is 0 Å². The van der Waals surface area contributed by atoms with Gasteiger partial charge in [0, 0.05) is 18.2 Å². The third-order valence-electron chi connectivity index (χ3n) is 4.64. The summed E-state index contributed by atoms with van der Waals surface area (Å²) in [5.41, 5.74) is 1.31. The number of nitrogens with zero attached hydrogens (tertiary/aromatic N) is 1. The molecule has 0 aliphatic rings. The Kier molecular flexibility index (Phi) is 6.34. The van der Waals surface area contributed by atoms with Crippen molar-refractivity contribution in [3.63, 3.8) is 0 Å². The van der Waals surface area contributed by atoms with Crippen LogP contribution in [-0.2, 0) is 16.1 Å². The number of hydrogen-bond acceptors (Lipinski definition) is 5. The first-order chi connectivity index (χ1) is 14.0. The van der Waals surface area contributed by atoms with Gasteiger partial charge in [0.1, 0.15) is 18.0 Å². The standard InChI is InChI=1S/C23H23NO5/c1-27-18-11-16(12-19(13-18)28-2)14-24(15-22(25)29-3)23(26)21-10-6-8-17-7-4-5-9-20(17)21/h4-13H,14-15H2,1-3H3. The number of fused-ring (bicyclic) bond motifs is 1. The number of carbonyl (C=O) groups excluding carboxylic acids is 2. The summed E-state index contributed by atoms with van der Waals surface area (Å²) in [6.45, 7) is 0.0305. The summed E-state index contributed by atoms with van der Waals surface area (Å²) >= 11 is 0. The Labute approximate surface area is 169 Å². The Bertz CT molecular complexity index is 1000. The maximum atomic E-state index is 13.4. The molecule has 0 atom stereocenters. The second-order valence-corrected chi connectivity index (χ2v) is 6.48. The van der Waals surface area contributed by atoms with Crippen LogP contribution in [-0.4, -0.2) is 44.7 Å². The quantitative estimate of drug-likeness (QED) is 0.573. The highest BCUT2D eigenvalue weighted by molar-refractivity contribution is 6.07. The van der Waals surface area contributed by atoms with Gasteiger partial charge in [-0.15, -0.1) is 0 Å². The number of carbonyl (C=O) groups is 2. The molecule has 0 saturated carbocycles. The van der Waals surface area contributed by atoms with E-state index in [0.717, 1.165) is 16.3 Å². The fourth-order valence-corrected chi connectivity index (χ4v) is 3.18. The lowest BCUT2D eigenvalue weighted by molar-refractivity contribution is -0.141. The SMILES string of the molecule is COC(=O)CN(Cc1cc(OC)cc(OC)c1)C(=O)c1cccc2ccccc12. The third kappa shape index (κ3) is 4.66. The summed E-state index contributed by atoms with van der Waals surface area (Å²) in [7, 11) is 4.43. The molecule has 0 N–H and O–H groups in total. The first-order valence-corrected chi connectivity index (χ1v) is 9.11. The first kappa shape index (κ1) is 20.2. The highest BCUT2D eigenvalue weighted by atomic mass is 16.5. The molecule has 0 bridgehead atoms. The molecule has 0 saturated heterocycles. The van der Waals surface area contributed by atoms with Gasteiger partial charge in [-0.25, -0.2) is 0 Å². The van der Waals surface area contributed by atoms with Crippen molar-refractivity contribution in [1.82, 2.24) is 4.90 Å². The lowest BCUT2D eigenvalue weighted by Crippen LogP contribution is -2.35. The Balaban J connectivity index is 1.99. The van der Waals surface area contributed by atoms with Crippen LogP contribution in [0.5, 0.6) is 11.5 Å². The second kappa shape index (κ2) is 9.10. The molecule has 6 heteroatoms. The minimum absolute atomic E-state index is 0.169. The zero-order chi connectivity index (χ0) is 20.8. The van der Waals surface area contributed by atoms with Crippen LogP contribution in [0.25, 0.3) is 10.8 Å². The van der Waals surface area contributed by atoms with Crippen LogP contribution in [0.1, 0.15) is 15.9 Å². The molecule has 0 aliphatic heterocycles. The van der Waals surface area contributed by atoms with E-state index >= 15 is 0 Å². The molecular weight excluding hydrogens is 370 g/mol. The normalized spacial score (nSPS) is 10.4. The van der Waals surface area contributed by atoms with Gasteiger partial charge in [0.05, 0.1) is 21.3 Å². The second-order valence-electron chi connectivity index (χ2n) is 6.48. The Morgan fingerprint density at radius 2 is 1.52 bits per heavy atom. The molecule has 0 spiro atoms. The van der Waals surface area contributed by atoms with Crippen LogP contribution < -0.4 is 9.47 Å². The van der Waals surface area contributed by atoms with Crippen molar-refractivity contribution in [2.75, 3.05) is 27.9 Å². The molecule has 1 amide bonds. The van der Waals surface area contributed by atoms with Crippen molar-refractivity contribution in [3.05, 3.63) is 71.8 Å². The molecule has 0 aromatic heterocycles. The van der Waals surface area contributed by atoms with Gasteiger partial charge in [0.2, 0.25) is 0 Å². The average Bonchev–Trinajstić information content (AvgIpc) is 2.77. The van der Waals surface area contributed by atoms with Crippen molar-refractivity contribution in [1.29, 1.82) is 0 Å². The van der Waals surface area contributed by atoms with E-state index in [4.69, 9.17) is 14.2 Å². The van der Waals surface area contributed by atoms with E-state index in [1.54, 1.807) is 26.4 Å². The van der Waals surface area contributed by atoms with E-state index in [1.165, 1.54) is 12.0 Å². The summed E-state index contributed by atoms with van der Waals surface area (Å²) in [5.74, 6) is 0.465. The molecule has 3 rings (SSSR count). The predicted molar refractivity (Wildman–Crippen MR) is 110 cm³/mol. The summed E-state index contributed by atoms with van der Waals surface area (Å²) < 4.78 is 15.4.